The van der Waals surface area contributed by atoms with Crippen molar-refractivity contribution in [2.24, 2.45) is 0 Å². The number of anilines is 1. The van der Waals surface area contributed by atoms with E-state index in [-0.39, 0.29) is 22.7 Å². The maximum absolute atomic E-state index is 12.0. The summed E-state index contributed by atoms with van der Waals surface area (Å²) in [5, 5.41) is 5.58. The van der Waals surface area contributed by atoms with Crippen LogP contribution in [0.4, 0.5) is 5.69 Å². The van der Waals surface area contributed by atoms with E-state index >= 15 is 0 Å². The summed E-state index contributed by atoms with van der Waals surface area (Å²) in [4.78, 5) is 35.7. The van der Waals surface area contributed by atoms with E-state index in [4.69, 9.17) is 23.2 Å². The number of benzene rings is 2. The van der Waals surface area contributed by atoms with Gasteiger partial charge in [0, 0.05) is 5.56 Å². The zero-order valence-corrected chi connectivity index (χ0v) is 14.6. The Morgan fingerprint density at radius 1 is 1.04 bits per heavy atom. The van der Waals surface area contributed by atoms with Crippen molar-refractivity contribution in [1.29, 1.82) is 0 Å². The summed E-state index contributed by atoms with van der Waals surface area (Å²) in [6.45, 7) is -0.283. The van der Waals surface area contributed by atoms with Crippen LogP contribution in [0.15, 0.2) is 42.5 Å². The molecule has 2 aromatic rings. The van der Waals surface area contributed by atoms with Gasteiger partial charge in [0.1, 0.15) is 0 Å². The number of rotatable bonds is 5. The standard InChI is InChI=1S/C17H14Cl2N2O4/c1-25-17(24)11-4-2-3-5-14(11)21-15(22)9-20-16(23)10-6-7-12(18)13(19)8-10/h2-8H,9H2,1H3,(H,20,23)(H,21,22). The summed E-state index contributed by atoms with van der Waals surface area (Å²) in [6, 6.07) is 10.8. The SMILES string of the molecule is COC(=O)c1ccccc1NC(=O)CNC(=O)c1ccc(Cl)c(Cl)c1. The minimum atomic E-state index is -0.573. The molecule has 0 aliphatic rings. The largest absolute Gasteiger partial charge is 0.465 e. The molecule has 0 bridgehead atoms. The molecule has 0 atom stereocenters. The number of carbonyl (C=O) groups excluding carboxylic acids is 3. The van der Waals surface area contributed by atoms with Crippen LogP contribution in [0.1, 0.15) is 20.7 Å². The maximum Gasteiger partial charge on any atom is 0.339 e. The number of amides is 2. The number of methoxy groups -OCH3 is 1. The highest BCUT2D eigenvalue weighted by Gasteiger charge is 2.14. The van der Waals surface area contributed by atoms with Crippen LogP contribution in [0, 0.1) is 0 Å². The van der Waals surface area contributed by atoms with Gasteiger partial charge in [-0.05, 0) is 30.3 Å². The summed E-state index contributed by atoms with van der Waals surface area (Å²) in [6.07, 6.45) is 0. The molecule has 6 nitrogen and oxygen atoms in total. The molecule has 0 saturated carbocycles. The second kappa shape index (κ2) is 8.50. The molecular weight excluding hydrogens is 367 g/mol. The van der Waals surface area contributed by atoms with E-state index in [0.717, 1.165) is 0 Å². The molecule has 0 spiro atoms. The van der Waals surface area contributed by atoms with Crippen molar-refractivity contribution in [3.63, 3.8) is 0 Å². The first-order valence-corrected chi connectivity index (χ1v) is 7.88. The number of nitrogens with one attached hydrogen (secondary N) is 2. The fourth-order valence-electron chi connectivity index (χ4n) is 1.97. The van der Waals surface area contributed by atoms with Crippen LogP contribution in [0.3, 0.4) is 0 Å². The highest BCUT2D eigenvalue weighted by atomic mass is 35.5. The first-order chi connectivity index (χ1) is 11.9. The fourth-order valence-corrected chi connectivity index (χ4v) is 2.27. The number of hydrogen-bond donors (Lipinski definition) is 2. The molecular formula is C17H14Cl2N2O4. The molecule has 0 aliphatic carbocycles. The van der Waals surface area contributed by atoms with Crippen molar-refractivity contribution in [2.75, 3.05) is 19.0 Å². The van der Waals surface area contributed by atoms with E-state index in [1.165, 1.54) is 31.4 Å². The molecule has 0 fully saturated rings. The number of hydrogen-bond acceptors (Lipinski definition) is 4. The van der Waals surface area contributed by atoms with Gasteiger partial charge in [0.25, 0.3) is 5.91 Å². The molecule has 0 radical (unpaired) electrons. The van der Waals surface area contributed by atoms with Gasteiger partial charge < -0.3 is 15.4 Å². The smallest absolute Gasteiger partial charge is 0.339 e. The van der Waals surface area contributed by atoms with E-state index in [1.807, 2.05) is 0 Å². The zero-order valence-electron chi connectivity index (χ0n) is 13.1. The summed E-state index contributed by atoms with van der Waals surface area (Å²) in [7, 11) is 1.25. The van der Waals surface area contributed by atoms with Crippen molar-refractivity contribution in [2.45, 2.75) is 0 Å². The van der Waals surface area contributed by atoms with Gasteiger partial charge in [-0.3, -0.25) is 9.59 Å². The van der Waals surface area contributed by atoms with Gasteiger partial charge in [-0.2, -0.15) is 0 Å². The summed E-state index contributed by atoms with van der Waals surface area (Å²) < 4.78 is 4.65. The Balaban J connectivity index is 1.98. The number of para-hydroxylation sites is 1. The first-order valence-electron chi connectivity index (χ1n) is 7.13. The van der Waals surface area contributed by atoms with Crippen LogP contribution in [0.2, 0.25) is 10.0 Å². The van der Waals surface area contributed by atoms with E-state index in [9.17, 15) is 14.4 Å². The maximum atomic E-state index is 12.0. The Bertz CT molecular complexity index is 824. The molecule has 8 heteroatoms. The Morgan fingerprint density at radius 2 is 1.76 bits per heavy atom. The van der Waals surface area contributed by atoms with Crippen LogP contribution in [0.25, 0.3) is 0 Å². The van der Waals surface area contributed by atoms with E-state index in [0.29, 0.717) is 10.7 Å². The summed E-state index contributed by atoms with van der Waals surface area (Å²) in [5.41, 5.74) is 0.787. The second-order valence-corrected chi connectivity index (χ2v) is 5.71. The van der Waals surface area contributed by atoms with Crippen LogP contribution in [-0.2, 0) is 9.53 Å². The van der Waals surface area contributed by atoms with Crippen molar-refractivity contribution < 1.29 is 19.1 Å². The van der Waals surface area contributed by atoms with Crippen molar-refractivity contribution in [1.82, 2.24) is 5.32 Å². The van der Waals surface area contributed by atoms with Gasteiger partial charge in [0.15, 0.2) is 0 Å². The molecule has 0 saturated heterocycles. The third-order valence-electron chi connectivity index (χ3n) is 3.20. The lowest BCUT2D eigenvalue weighted by Crippen LogP contribution is -2.33. The van der Waals surface area contributed by atoms with Crippen LogP contribution >= 0.6 is 23.2 Å². The molecule has 0 heterocycles. The van der Waals surface area contributed by atoms with Crippen molar-refractivity contribution in [3.05, 3.63) is 63.6 Å². The van der Waals surface area contributed by atoms with Crippen LogP contribution < -0.4 is 10.6 Å². The highest BCUT2D eigenvalue weighted by Crippen LogP contribution is 2.22. The number of esters is 1. The minimum Gasteiger partial charge on any atom is -0.465 e. The molecule has 2 aromatic carbocycles. The summed E-state index contributed by atoms with van der Waals surface area (Å²) >= 11 is 11.6. The third kappa shape index (κ3) is 4.95. The normalized spacial score (nSPS) is 10.0. The molecule has 0 aliphatic heterocycles. The van der Waals surface area contributed by atoms with Crippen molar-refractivity contribution in [3.8, 4) is 0 Å². The van der Waals surface area contributed by atoms with Gasteiger partial charge in [-0.1, -0.05) is 35.3 Å². The lowest BCUT2D eigenvalue weighted by molar-refractivity contribution is -0.115. The molecule has 130 valence electrons. The molecule has 0 aromatic heterocycles. The molecule has 2 amide bonds. The third-order valence-corrected chi connectivity index (χ3v) is 3.94. The number of halogens is 2. The van der Waals surface area contributed by atoms with Gasteiger partial charge in [0.2, 0.25) is 5.91 Å². The average molecular weight is 381 g/mol. The van der Waals surface area contributed by atoms with E-state index in [1.54, 1.807) is 18.2 Å². The van der Waals surface area contributed by atoms with Gasteiger partial charge in [-0.15, -0.1) is 0 Å². The van der Waals surface area contributed by atoms with E-state index in [2.05, 4.69) is 15.4 Å². The van der Waals surface area contributed by atoms with Crippen LogP contribution in [0.5, 0.6) is 0 Å². The lowest BCUT2D eigenvalue weighted by Gasteiger charge is -2.10. The fraction of sp³-hybridized carbons (Fsp3) is 0.118. The van der Waals surface area contributed by atoms with E-state index < -0.39 is 17.8 Å². The minimum absolute atomic E-state index is 0.217. The first kappa shape index (κ1) is 18.8. The summed E-state index contributed by atoms with van der Waals surface area (Å²) in [5.74, 6) is -1.55. The monoisotopic (exact) mass is 380 g/mol. The second-order valence-electron chi connectivity index (χ2n) is 4.90. The number of carbonyl (C=O) groups is 3. The highest BCUT2D eigenvalue weighted by molar-refractivity contribution is 6.42. The molecule has 0 unspecified atom stereocenters. The Hall–Kier alpha value is -2.57. The molecule has 2 N–H and O–H groups in total. The predicted octanol–water partition coefficient (Wildman–Crippen LogP) is 3.15. The van der Waals surface area contributed by atoms with Gasteiger partial charge >= 0.3 is 5.97 Å². The van der Waals surface area contributed by atoms with Gasteiger partial charge in [0.05, 0.1) is 35.0 Å². The quantitative estimate of drug-likeness (QED) is 0.780. The topological polar surface area (TPSA) is 84.5 Å². The average Bonchev–Trinajstić information content (AvgIpc) is 2.61. The van der Waals surface area contributed by atoms with Crippen LogP contribution in [-0.4, -0.2) is 31.4 Å². The zero-order chi connectivity index (χ0) is 18.4. The Kier molecular flexibility index (Phi) is 6.38. The predicted molar refractivity (Wildman–Crippen MR) is 95.2 cm³/mol. The van der Waals surface area contributed by atoms with Crippen molar-refractivity contribution >= 4 is 46.7 Å². The molecule has 25 heavy (non-hydrogen) atoms. The number of ether oxygens (including phenoxy) is 1. The lowest BCUT2D eigenvalue weighted by atomic mass is 10.2. The Labute approximate surface area is 154 Å². The van der Waals surface area contributed by atoms with Gasteiger partial charge in [-0.25, -0.2) is 4.79 Å². The Morgan fingerprint density at radius 3 is 2.44 bits per heavy atom. The molecule has 2 rings (SSSR count).